The number of H-pyrrole nitrogens is 1. The molecule has 1 amide bonds. The number of aromatic amines is 1. The first-order chi connectivity index (χ1) is 16.6. The average molecular weight is 476 g/mol. The third-order valence-corrected chi connectivity index (χ3v) is 7.49. The van der Waals surface area contributed by atoms with E-state index in [0.29, 0.717) is 18.7 Å². The topological polar surface area (TPSA) is 84.8 Å². The van der Waals surface area contributed by atoms with E-state index >= 15 is 0 Å². The van der Waals surface area contributed by atoms with E-state index < -0.39 is 0 Å². The fraction of sp³-hybridized carbons (Fsp3) is 0.346. The van der Waals surface area contributed by atoms with Gasteiger partial charge in [-0.2, -0.15) is 0 Å². The van der Waals surface area contributed by atoms with Crippen LogP contribution < -0.4 is 5.32 Å². The molecule has 176 valence electrons. The predicted molar refractivity (Wildman–Crippen MR) is 134 cm³/mol. The molecular formula is C26H29N5O2S. The number of ether oxygens (including phenoxy) is 1. The van der Waals surface area contributed by atoms with Crippen LogP contribution in [0.5, 0.6) is 0 Å². The Bertz CT molecular complexity index is 1290. The van der Waals surface area contributed by atoms with Crippen LogP contribution in [-0.2, 0) is 17.8 Å². The summed E-state index contributed by atoms with van der Waals surface area (Å²) in [6, 6.07) is 16.1. The molecule has 1 aliphatic rings. The van der Waals surface area contributed by atoms with Crippen molar-refractivity contribution in [3.05, 3.63) is 76.7 Å². The molecule has 2 aromatic carbocycles. The van der Waals surface area contributed by atoms with E-state index in [4.69, 9.17) is 4.74 Å². The minimum Gasteiger partial charge on any atom is -0.377 e. The summed E-state index contributed by atoms with van der Waals surface area (Å²) in [5, 5.41) is 13.9. The third-order valence-electron chi connectivity index (χ3n) is 6.39. The number of nitrogens with zero attached hydrogens (tertiary/aromatic N) is 3. The highest BCUT2D eigenvalue weighted by atomic mass is 32.2. The van der Waals surface area contributed by atoms with Crippen molar-refractivity contribution in [1.82, 2.24) is 25.1 Å². The second-order valence-corrected chi connectivity index (χ2v) is 9.69. The van der Waals surface area contributed by atoms with Crippen molar-refractivity contribution in [2.24, 2.45) is 0 Å². The molecule has 2 aromatic heterocycles. The van der Waals surface area contributed by atoms with Crippen LogP contribution in [0.2, 0.25) is 0 Å². The van der Waals surface area contributed by atoms with Gasteiger partial charge in [0, 0.05) is 23.4 Å². The number of rotatable bonds is 8. The van der Waals surface area contributed by atoms with Gasteiger partial charge in [-0.3, -0.25) is 4.79 Å². The minimum atomic E-state index is -0.130. The van der Waals surface area contributed by atoms with Crippen molar-refractivity contribution < 1.29 is 9.53 Å². The van der Waals surface area contributed by atoms with Gasteiger partial charge < -0.3 is 19.6 Å². The molecule has 1 fully saturated rings. The van der Waals surface area contributed by atoms with E-state index in [1.54, 1.807) is 11.8 Å². The number of aromatic nitrogens is 4. The van der Waals surface area contributed by atoms with Crippen LogP contribution >= 0.6 is 11.8 Å². The maximum atomic E-state index is 13.1. The van der Waals surface area contributed by atoms with Gasteiger partial charge in [-0.1, -0.05) is 54.2 Å². The monoisotopic (exact) mass is 475 g/mol. The second kappa shape index (κ2) is 10.0. The lowest BCUT2D eigenvalue weighted by Gasteiger charge is -2.13. The fourth-order valence-electron chi connectivity index (χ4n) is 4.35. The van der Waals surface area contributed by atoms with E-state index in [2.05, 4.69) is 44.1 Å². The Kier molecular flexibility index (Phi) is 6.69. The van der Waals surface area contributed by atoms with Gasteiger partial charge in [0.05, 0.1) is 30.3 Å². The molecule has 1 aliphatic heterocycles. The Labute approximate surface area is 203 Å². The van der Waals surface area contributed by atoms with E-state index in [-0.39, 0.29) is 12.0 Å². The quantitative estimate of drug-likeness (QED) is 0.363. The van der Waals surface area contributed by atoms with Crippen LogP contribution in [0.3, 0.4) is 0 Å². The molecule has 0 saturated carbocycles. The van der Waals surface area contributed by atoms with Crippen molar-refractivity contribution in [3.8, 4) is 0 Å². The molecular weight excluding hydrogens is 446 g/mol. The third kappa shape index (κ3) is 4.74. The summed E-state index contributed by atoms with van der Waals surface area (Å²) in [5.41, 5.74) is 4.91. The van der Waals surface area contributed by atoms with Gasteiger partial charge in [0.1, 0.15) is 0 Å². The predicted octanol–water partition coefficient (Wildman–Crippen LogP) is 4.63. The van der Waals surface area contributed by atoms with Crippen LogP contribution in [-0.4, -0.2) is 44.1 Å². The molecule has 0 spiro atoms. The highest BCUT2D eigenvalue weighted by Gasteiger charge is 2.20. The van der Waals surface area contributed by atoms with Crippen LogP contribution in [0, 0.1) is 13.8 Å². The number of para-hydroxylation sites is 1. The highest BCUT2D eigenvalue weighted by molar-refractivity contribution is 7.99. The van der Waals surface area contributed by atoms with Gasteiger partial charge in [-0.25, -0.2) is 0 Å². The molecule has 2 N–H and O–H groups in total. The van der Waals surface area contributed by atoms with Crippen molar-refractivity contribution in [1.29, 1.82) is 0 Å². The van der Waals surface area contributed by atoms with E-state index in [1.165, 1.54) is 5.56 Å². The molecule has 0 unspecified atom stereocenters. The van der Waals surface area contributed by atoms with Gasteiger partial charge in [0.15, 0.2) is 11.0 Å². The van der Waals surface area contributed by atoms with Gasteiger partial charge in [-0.05, 0) is 43.9 Å². The molecule has 0 radical (unpaired) electrons. The van der Waals surface area contributed by atoms with Crippen LogP contribution in [0.25, 0.3) is 10.9 Å². The zero-order valence-corrected chi connectivity index (χ0v) is 20.3. The molecule has 0 bridgehead atoms. The first kappa shape index (κ1) is 22.7. The van der Waals surface area contributed by atoms with Crippen molar-refractivity contribution in [2.45, 2.75) is 51.0 Å². The first-order valence-corrected chi connectivity index (χ1v) is 12.6. The highest BCUT2D eigenvalue weighted by Crippen LogP contribution is 2.25. The lowest BCUT2D eigenvalue weighted by Crippen LogP contribution is -2.25. The van der Waals surface area contributed by atoms with Crippen LogP contribution in [0.4, 0.5) is 0 Å². The zero-order chi connectivity index (χ0) is 23.5. The number of carbonyl (C=O) groups excluding carboxylic acids is 1. The number of fused-ring (bicyclic) bond motifs is 1. The maximum Gasteiger partial charge on any atom is 0.253 e. The molecule has 8 heteroatoms. The van der Waals surface area contributed by atoms with Gasteiger partial charge in [0.25, 0.3) is 5.91 Å². The Balaban J connectivity index is 1.35. The van der Waals surface area contributed by atoms with E-state index in [1.807, 2.05) is 43.3 Å². The summed E-state index contributed by atoms with van der Waals surface area (Å²) in [7, 11) is 0. The average Bonchev–Trinajstić information content (AvgIpc) is 3.57. The molecule has 4 aromatic rings. The van der Waals surface area contributed by atoms with Gasteiger partial charge in [-0.15, -0.1) is 10.2 Å². The summed E-state index contributed by atoms with van der Waals surface area (Å²) >= 11 is 1.67. The summed E-state index contributed by atoms with van der Waals surface area (Å²) in [6.45, 7) is 5.88. The summed E-state index contributed by atoms with van der Waals surface area (Å²) in [4.78, 5) is 16.5. The lowest BCUT2D eigenvalue weighted by atomic mass is 10.1. The molecule has 3 heterocycles. The number of nitrogens with one attached hydrogen (secondary N) is 2. The molecule has 5 rings (SSSR count). The standard InChI is InChI=1S/C26H29N5O2S/c1-17-18(2)28-24-21(17)11-6-12-22(24)25(32)27-14-23-29-30-26(34-16-20-10-7-13-33-20)31(23)15-19-8-4-3-5-9-19/h3-6,8-9,11-12,20,28H,7,10,13-16H2,1-2H3,(H,27,32)/t20-/m1/s1. The Morgan fingerprint density at radius 1 is 1.18 bits per heavy atom. The molecule has 0 aliphatic carbocycles. The van der Waals surface area contributed by atoms with Crippen molar-refractivity contribution >= 4 is 28.6 Å². The fourth-order valence-corrected chi connectivity index (χ4v) is 5.37. The van der Waals surface area contributed by atoms with E-state index in [9.17, 15) is 4.79 Å². The number of thioether (sulfide) groups is 1. The summed E-state index contributed by atoms with van der Waals surface area (Å²) < 4.78 is 7.87. The number of amides is 1. The number of carbonyl (C=O) groups is 1. The number of hydrogen-bond donors (Lipinski definition) is 2. The molecule has 34 heavy (non-hydrogen) atoms. The number of hydrogen-bond acceptors (Lipinski definition) is 5. The minimum absolute atomic E-state index is 0.130. The first-order valence-electron chi connectivity index (χ1n) is 11.7. The second-order valence-electron chi connectivity index (χ2n) is 8.70. The van der Waals surface area contributed by atoms with Gasteiger partial charge >= 0.3 is 0 Å². The van der Waals surface area contributed by atoms with Crippen molar-refractivity contribution in [2.75, 3.05) is 12.4 Å². The largest absolute Gasteiger partial charge is 0.377 e. The van der Waals surface area contributed by atoms with Crippen LogP contribution in [0.15, 0.2) is 53.7 Å². The Hall–Kier alpha value is -3.10. The van der Waals surface area contributed by atoms with E-state index in [0.717, 1.165) is 58.3 Å². The lowest BCUT2D eigenvalue weighted by molar-refractivity contribution is 0.0951. The number of aryl methyl sites for hydroxylation is 2. The van der Waals surface area contributed by atoms with Gasteiger partial charge in [0.2, 0.25) is 0 Å². The molecule has 7 nitrogen and oxygen atoms in total. The summed E-state index contributed by atoms with van der Waals surface area (Å²) in [5.74, 6) is 1.46. The molecule has 1 atom stereocenters. The number of benzene rings is 2. The maximum absolute atomic E-state index is 13.1. The molecule has 1 saturated heterocycles. The normalized spacial score (nSPS) is 15.8. The van der Waals surface area contributed by atoms with Crippen LogP contribution in [0.1, 0.15) is 45.8 Å². The zero-order valence-electron chi connectivity index (χ0n) is 19.5. The smallest absolute Gasteiger partial charge is 0.253 e. The Morgan fingerprint density at radius 2 is 2.03 bits per heavy atom. The van der Waals surface area contributed by atoms with Crippen molar-refractivity contribution in [3.63, 3.8) is 0 Å². The summed E-state index contributed by atoms with van der Waals surface area (Å²) in [6.07, 6.45) is 2.47. The Morgan fingerprint density at radius 3 is 2.82 bits per heavy atom. The SMILES string of the molecule is Cc1[nH]c2c(C(=O)NCc3nnc(SC[C@H]4CCCO4)n3Cc3ccccc3)cccc2c1C.